The molecular formula is C15H20N2O4. The van der Waals surface area contributed by atoms with E-state index in [1.54, 1.807) is 17.0 Å². The number of nitrogens with zero attached hydrogens (tertiary/aromatic N) is 2. The summed E-state index contributed by atoms with van der Waals surface area (Å²) in [5, 5.41) is 18.8. The van der Waals surface area contributed by atoms with E-state index in [1.165, 1.54) is 12.1 Å². The molecule has 0 aromatic heterocycles. The quantitative estimate of drug-likeness (QED) is 0.845. The van der Waals surface area contributed by atoms with Gasteiger partial charge < -0.3 is 20.0 Å². The van der Waals surface area contributed by atoms with Gasteiger partial charge in [-0.1, -0.05) is 6.07 Å². The molecule has 1 aliphatic heterocycles. The fraction of sp³-hybridized carbons (Fsp3) is 0.467. The number of likely N-dealkylation sites (N-methyl/N-ethyl adjacent to an activating group) is 1. The molecule has 2 N–H and O–H groups in total. The second kappa shape index (κ2) is 6.24. The lowest BCUT2D eigenvalue weighted by Gasteiger charge is -2.27. The molecule has 0 radical (unpaired) electrons. The van der Waals surface area contributed by atoms with E-state index in [9.17, 15) is 14.7 Å². The zero-order valence-electron chi connectivity index (χ0n) is 12.2. The van der Waals surface area contributed by atoms with Gasteiger partial charge in [-0.05, 0) is 38.7 Å². The van der Waals surface area contributed by atoms with Crippen molar-refractivity contribution in [3.05, 3.63) is 35.4 Å². The maximum Gasteiger partial charge on any atom is 0.335 e. The standard InChI is InChI=1S/C15H20N2O4/c1-16(2)8-12-7-13(18)9-17(12)14(19)10-4-3-5-11(6-10)15(20)21/h3-6,12-13,18H,7-9H2,1-2H3,(H,20,21). The van der Waals surface area contributed by atoms with E-state index in [-0.39, 0.29) is 24.1 Å². The number of hydrogen-bond acceptors (Lipinski definition) is 4. The Morgan fingerprint density at radius 2 is 2.00 bits per heavy atom. The molecule has 6 heteroatoms. The molecule has 0 aliphatic carbocycles. The summed E-state index contributed by atoms with van der Waals surface area (Å²) >= 11 is 0. The summed E-state index contributed by atoms with van der Waals surface area (Å²) in [6.07, 6.45) is 0.0179. The van der Waals surface area contributed by atoms with E-state index < -0.39 is 12.1 Å². The predicted molar refractivity (Wildman–Crippen MR) is 77.4 cm³/mol. The minimum absolute atomic E-state index is 0.0593. The molecule has 0 saturated carbocycles. The maximum atomic E-state index is 12.6. The number of benzene rings is 1. The lowest BCUT2D eigenvalue weighted by atomic mass is 10.1. The highest BCUT2D eigenvalue weighted by Crippen LogP contribution is 2.21. The first-order chi connectivity index (χ1) is 9.88. The van der Waals surface area contributed by atoms with E-state index in [0.29, 0.717) is 18.5 Å². The number of carboxylic acids is 1. The van der Waals surface area contributed by atoms with Crippen LogP contribution >= 0.6 is 0 Å². The number of aliphatic hydroxyl groups is 1. The van der Waals surface area contributed by atoms with E-state index in [1.807, 2.05) is 19.0 Å². The number of carboxylic acid groups (broad SMARTS) is 1. The van der Waals surface area contributed by atoms with Crippen molar-refractivity contribution in [1.29, 1.82) is 0 Å². The van der Waals surface area contributed by atoms with Crippen molar-refractivity contribution in [2.45, 2.75) is 18.6 Å². The second-order valence-corrected chi connectivity index (χ2v) is 5.65. The molecule has 0 bridgehead atoms. The number of aliphatic hydroxyl groups excluding tert-OH is 1. The van der Waals surface area contributed by atoms with E-state index in [4.69, 9.17) is 5.11 Å². The van der Waals surface area contributed by atoms with Crippen LogP contribution in [0.4, 0.5) is 0 Å². The average molecular weight is 292 g/mol. The summed E-state index contributed by atoms with van der Waals surface area (Å²) in [5.74, 6) is -1.29. The largest absolute Gasteiger partial charge is 0.478 e. The van der Waals surface area contributed by atoms with Gasteiger partial charge in [0, 0.05) is 24.7 Å². The molecular weight excluding hydrogens is 272 g/mol. The second-order valence-electron chi connectivity index (χ2n) is 5.65. The molecule has 0 spiro atoms. The van der Waals surface area contributed by atoms with Gasteiger partial charge in [0.25, 0.3) is 5.91 Å². The third kappa shape index (κ3) is 3.59. The SMILES string of the molecule is CN(C)CC1CC(O)CN1C(=O)c1cccc(C(=O)O)c1. The Morgan fingerprint density at radius 1 is 1.33 bits per heavy atom. The molecule has 1 fully saturated rings. The molecule has 1 aromatic carbocycles. The van der Waals surface area contributed by atoms with Crippen LogP contribution in [0, 0.1) is 0 Å². The highest BCUT2D eigenvalue weighted by Gasteiger charge is 2.35. The fourth-order valence-corrected chi connectivity index (χ4v) is 2.69. The molecule has 1 saturated heterocycles. The fourth-order valence-electron chi connectivity index (χ4n) is 2.69. The zero-order valence-corrected chi connectivity index (χ0v) is 12.2. The summed E-state index contributed by atoms with van der Waals surface area (Å²) in [5.41, 5.74) is 0.428. The summed E-state index contributed by atoms with van der Waals surface area (Å²) < 4.78 is 0. The van der Waals surface area contributed by atoms with Gasteiger partial charge >= 0.3 is 5.97 Å². The van der Waals surface area contributed by atoms with Crippen LogP contribution < -0.4 is 0 Å². The minimum atomic E-state index is -1.06. The molecule has 1 heterocycles. The van der Waals surface area contributed by atoms with E-state index >= 15 is 0 Å². The smallest absolute Gasteiger partial charge is 0.335 e. The molecule has 1 aliphatic rings. The van der Waals surface area contributed by atoms with Crippen molar-refractivity contribution < 1.29 is 19.8 Å². The van der Waals surface area contributed by atoms with Crippen molar-refractivity contribution in [3.63, 3.8) is 0 Å². The number of aromatic carboxylic acids is 1. The molecule has 1 aromatic rings. The molecule has 6 nitrogen and oxygen atoms in total. The molecule has 2 rings (SSSR count). The van der Waals surface area contributed by atoms with E-state index in [2.05, 4.69) is 0 Å². The van der Waals surface area contributed by atoms with Crippen molar-refractivity contribution in [2.24, 2.45) is 0 Å². The Hall–Kier alpha value is -1.92. The Balaban J connectivity index is 2.21. The van der Waals surface area contributed by atoms with Gasteiger partial charge in [0.15, 0.2) is 0 Å². The van der Waals surface area contributed by atoms with Crippen molar-refractivity contribution in [1.82, 2.24) is 9.80 Å². The van der Waals surface area contributed by atoms with Gasteiger partial charge in [-0.2, -0.15) is 0 Å². The minimum Gasteiger partial charge on any atom is -0.478 e. The number of hydrogen-bond donors (Lipinski definition) is 2. The van der Waals surface area contributed by atoms with Gasteiger partial charge in [-0.25, -0.2) is 4.79 Å². The highest BCUT2D eigenvalue weighted by molar-refractivity contribution is 5.97. The van der Waals surface area contributed by atoms with Crippen molar-refractivity contribution in [2.75, 3.05) is 27.2 Å². The summed E-state index contributed by atoms with van der Waals surface area (Å²) in [7, 11) is 3.83. The van der Waals surface area contributed by atoms with Crippen LogP contribution in [0.25, 0.3) is 0 Å². The maximum absolute atomic E-state index is 12.6. The lowest BCUT2D eigenvalue weighted by Crippen LogP contribution is -2.41. The number of β-amino-alcohol motifs (C(OH)–C–C–N with tert-alkyl or cyclic N) is 1. The van der Waals surface area contributed by atoms with Crippen LogP contribution in [-0.2, 0) is 0 Å². The van der Waals surface area contributed by atoms with Gasteiger partial charge in [-0.3, -0.25) is 4.79 Å². The van der Waals surface area contributed by atoms with Crippen molar-refractivity contribution >= 4 is 11.9 Å². The summed E-state index contributed by atoms with van der Waals surface area (Å²) in [6, 6.07) is 5.93. The number of carbonyl (C=O) groups is 2. The van der Waals surface area contributed by atoms with Crippen molar-refractivity contribution in [3.8, 4) is 0 Å². The number of likely N-dealkylation sites (tertiary alicyclic amines) is 1. The van der Waals surface area contributed by atoms with Crippen LogP contribution in [0.15, 0.2) is 24.3 Å². The Bertz CT molecular complexity index is 544. The first-order valence-corrected chi connectivity index (χ1v) is 6.85. The Kier molecular flexibility index (Phi) is 4.59. The normalized spacial score (nSPS) is 21.8. The number of carbonyl (C=O) groups excluding carboxylic acids is 1. The van der Waals surface area contributed by atoms with Crippen LogP contribution in [0.5, 0.6) is 0 Å². The van der Waals surface area contributed by atoms with Crippen LogP contribution in [-0.4, -0.2) is 71.2 Å². The average Bonchev–Trinajstić information content (AvgIpc) is 2.78. The summed E-state index contributed by atoms with van der Waals surface area (Å²) in [6.45, 7) is 0.954. The first kappa shape index (κ1) is 15.5. The number of amides is 1. The molecule has 21 heavy (non-hydrogen) atoms. The third-order valence-electron chi connectivity index (χ3n) is 3.59. The van der Waals surface area contributed by atoms with Crippen LogP contribution in [0.3, 0.4) is 0 Å². The first-order valence-electron chi connectivity index (χ1n) is 6.85. The Labute approximate surface area is 123 Å². The van der Waals surface area contributed by atoms with Crippen LogP contribution in [0.1, 0.15) is 27.1 Å². The van der Waals surface area contributed by atoms with Gasteiger partial charge in [0.05, 0.1) is 11.7 Å². The molecule has 114 valence electrons. The molecule has 2 atom stereocenters. The van der Waals surface area contributed by atoms with Crippen LogP contribution in [0.2, 0.25) is 0 Å². The monoisotopic (exact) mass is 292 g/mol. The predicted octanol–water partition coefficient (Wildman–Crippen LogP) is 0.522. The lowest BCUT2D eigenvalue weighted by molar-refractivity contribution is 0.0696. The zero-order chi connectivity index (χ0) is 15.6. The van der Waals surface area contributed by atoms with Gasteiger partial charge in [-0.15, -0.1) is 0 Å². The topological polar surface area (TPSA) is 81.1 Å². The molecule has 1 amide bonds. The Morgan fingerprint density at radius 3 is 2.62 bits per heavy atom. The number of rotatable bonds is 4. The van der Waals surface area contributed by atoms with E-state index in [0.717, 1.165) is 0 Å². The van der Waals surface area contributed by atoms with Gasteiger partial charge in [0.1, 0.15) is 0 Å². The van der Waals surface area contributed by atoms with Gasteiger partial charge in [0.2, 0.25) is 0 Å². The third-order valence-corrected chi connectivity index (χ3v) is 3.59. The summed E-state index contributed by atoms with van der Waals surface area (Å²) in [4.78, 5) is 27.1. The highest BCUT2D eigenvalue weighted by atomic mass is 16.4. The molecule has 2 unspecified atom stereocenters.